The molecular formula is C27H48O2. The van der Waals surface area contributed by atoms with Crippen molar-refractivity contribution in [1.29, 1.82) is 0 Å². The van der Waals surface area contributed by atoms with Crippen LogP contribution in [0.25, 0.3) is 0 Å². The van der Waals surface area contributed by atoms with Gasteiger partial charge in [0.25, 0.3) is 0 Å². The molecule has 0 heterocycles. The predicted octanol–water partition coefficient (Wildman–Crippen LogP) is 7.32. The molecular weight excluding hydrogens is 356 g/mol. The average Bonchev–Trinajstić information content (AvgIpc) is 2.66. The van der Waals surface area contributed by atoms with Crippen LogP contribution in [0.15, 0.2) is 25.3 Å². The van der Waals surface area contributed by atoms with Crippen molar-refractivity contribution in [2.75, 3.05) is 6.61 Å². The Balaban J connectivity index is 0.000000941. The van der Waals surface area contributed by atoms with Gasteiger partial charge in [-0.3, -0.25) is 0 Å². The third-order valence-corrected chi connectivity index (χ3v) is 7.88. The molecule has 29 heavy (non-hydrogen) atoms. The molecule has 0 saturated heterocycles. The van der Waals surface area contributed by atoms with E-state index in [0.717, 1.165) is 30.6 Å². The minimum atomic E-state index is -0.0413. The Bertz CT molecular complexity index is 495. The summed E-state index contributed by atoms with van der Waals surface area (Å²) in [6, 6.07) is 0. The first-order valence-electron chi connectivity index (χ1n) is 12.2. The Hall–Kier alpha value is -0.600. The SMILES string of the molecule is C=CC.C=CCOC1CCC(C2(C3CCC(O)CC3)CC(C)CC(C)(C)C2)CC1. The fourth-order valence-electron chi connectivity index (χ4n) is 7.31. The Morgan fingerprint density at radius 2 is 1.45 bits per heavy atom. The van der Waals surface area contributed by atoms with Crippen LogP contribution >= 0.6 is 0 Å². The van der Waals surface area contributed by atoms with E-state index in [0.29, 0.717) is 23.5 Å². The molecule has 0 aromatic rings. The second kappa shape index (κ2) is 11.1. The van der Waals surface area contributed by atoms with Gasteiger partial charge in [0.2, 0.25) is 0 Å². The molecule has 2 nitrogen and oxygen atoms in total. The second-order valence-electron chi connectivity index (χ2n) is 11.1. The minimum Gasteiger partial charge on any atom is -0.393 e. The molecule has 2 atom stereocenters. The van der Waals surface area contributed by atoms with Gasteiger partial charge in [-0.25, -0.2) is 0 Å². The number of aliphatic hydroxyl groups excluding tert-OH is 1. The molecule has 0 aliphatic heterocycles. The van der Waals surface area contributed by atoms with Crippen molar-refractivity contribution in [3.05, 3.63) is 25.3 Å². The third-order valence-electron chi connectivity index (χ3n) is 7.88. The van der Waals surface area contributed by atoms with Crippen molar-refractivity contribution >= 4 is 0 Å². The van der Waals surface area contributed by atoms with Crippen LogP contribution in [0.1, 0.15) is 98.3 Å². The number of allylic oxidation sites excluding steroid dienone is 1. The molecule has 3 aliphatic rings. The van der Waals surface area contributed by atoms with Gasteiger partial charge in [0.15, 0.2) is 0 Å². The fraction of sp³-hybridized carbons (Fsp3) is 0.852. The number of hydrogen-bond donors (Lipinski definition) is 1. The molecule has 0 aromatic heterocycles. The van der Waals surface area contributed by atoms with Gasteiger partial charge in [-0.1, -0.05) is 32.9 Å². The molecule has 168 valence electrons. The average molecular weight is 405 g/mol. The lowest BCUT2D eigenvalue weighted by molar-refractivity contribution is -0.0925. The highest BCUT2D eigenvalue weighted by molar-refractivity contribution is 5.02. The van der Waals surface area contributed by atoms with Crippen LogP contribution in [0.3, 0.4) is 0 Å². The van der Waals surface area contributed by atoms with E-state index in [4.69, 9.17) is 4.74 Å². The summed E-state index contributed by atoms with van der Waals surface area (Å²) in [5.74, 6) is 2.51. The maximum absolute atomic E-state index is 10.1. The monoisotopic (exact) mass is 404 g/mol. The molecule has 3 aliphatic carbocycles. The quantitative estimate of drug-likeness (QED) is 0.486. The summed E-state index contributed by atoms with van der Waals surface area (Å²) < 4.78 is 5.97. The smallest absolute Gasteiger partial charge is 0.0648 e. The van der Waals surface area contributed by atoms with Crippen LogP contribution < -0.4 is 0 Å². The van der Waals surface area contributed by atoms with E-state index in [-0.39, 0.29) is 6.10 Å². The molecule has 0 amide bonds. The molecule has 0 bridgehead atoms. The van der Waals surface area contributed by atoms with Crippen LogP contribution in [-0.2, 0) is 4.74 Å². The van der Waals surface area contributed by atoms with Gasteiger partial charge < -0.3 is 9.84 Å². The van der Waals surface area contributed by atoms with Crippen molar-refractivity contribution in [3.63, 3.8) is 0 Å². The van der Waals surface area contributed by atoms with E-state index in [2.05, 4.69) is 33.9 Å². The highest BCUT2D eigenvalue weighted by atomic mass is 16.5. The Labute approximate surface area is 181 Å². The van der Waals surface area contributed by atoms with E-state index in [1.165, 1.54) is 57.8 Å². The molecule has 0 spiro atoms. The van der Waals surface area contributed by atoms with Gasteiger partial charge in [-0.2, -0.15) is 0 Å². The lowest BCUT2D eigenvalue weighted by atomic mass is 9.48. The van der Waals surface area contributed by atoms with Crippen LogP contribution in [-0.4, -0.2) is 23.9 Å². The zero-order valence-corrected chi connectivity index (χ0v) is 19.8. The Morgan fingerprint density at radius 3 is 1.93 bits per heavy atom. The largest absolute Gasteiger partial charge is 0.393 e. The Kier molecular flexibility index (Phi) is 9.48. The van der Waals surface area contributed by atoms with Gasteiger partial charge in [-0.15, -0.1) is 13.2 Å². The number of ether oxygens (including phenoxy) is 1. The molecule has 3 saturated carbocycles. The number of rotatable bonds is 5. The first-order valence-corrected chi connectivity index (χ1v) is 12.2. The van der Waals surface area contributed by atoms with E-state index in [1.807, 2.05) is 13.0 Å². The lowest BCUT2D eigenvalue weighted by Crippen LogP contribution is -2.49. The van der Waals surface area contributed by atoms with Crippen molar-refractivity contribution in [2.24, 2.45) is 28.6 Å². The van der Waals surface area contributed by atoms with Gasteiger partial charge >= 0.3 is 0 Å². The maximum Gasteiger partial charge on any atom is 0.0648 e. The van der Waals surface area contributed by atoms with E-state index in [9.17, 15) is 5.11 Å². The van der Waals surface area contributed by atoms with Crippen molar-refractivity contribution in [1.82, 2.24) is 0 Å². The molecule has 0 radical (unpaired) electrons. The first-order chi connectivity index (χ1) is 13.8. The van der Waals surface area contributed by atoms with Crippen molar-refractivity contribution in [3.8, 4) is 0 Å². The van der Waals surface area contributed by atoms with E-state index < -0.39 is 0 Å². The summed E-state index contributed by atoms with van der Waals surface area (Å²) in [4.78, 5) is 0. The van der Waals surface area contributed by atoms with Crippen LogP contribution in [0, 0.1) is 28.6 Å². The van der Waals surface area contributed by atoms with Gasteiger partial charge in [0.05, 0.1) is 18.8 Å². The Morgan fingerprint density at radius 1 is 0.931 bits per heavy atom. The molecule has 2 heteroatoms. The molecule has 2 unspecified atom stereocenters. The van der Waals surface area contributed by atoms with E-state index in [1.54, 1.807) is 6.08 Å². The second-order valence-corrected chi connectivity index (χ2v) is 11.1. The number of hydrogen-bond acceptors (Lipinski definition) is 2. The van der Waals surface area contributed by atoms with Crippen molar-refractivity contribution in [2.45, 2.75) is 111 Å². The zero-order valence-electron chi connectivity index (χ0n) is 19.8. The summed E-state index contributed by atoms with van der Waals surface area (Å²) in [6.45, 7) is 17.2. The van der Waals surface area contributed by atoms with Crippen LogP contribution in [0.4, 0.5) is 0 Å². The minimum absolute atomic E-state index is 0.0413. The van der Waals surface area contributed by atoms with Gasteiger partial charge in [0, 0.05) is 0 Å². The normalized spacial score (nSPS) is 39.7. The summed E-state index contributed by atoms with van der Waals surface area (Å²) in [7, 11) is 0. The fourth-order valence-corrected chi connectivity index (χ4v) is 7.31. The van der Waals surface area contributed by atoms with Gasteiger partial charge in [-0.05, 0) is 106 Å². The highest BCUT2D eigenvalue weighted by Crippen LogP contribution is 2.61. The maximum atomic E-state index is 10.1. The topological polar surface area (TPSA) is 29.5 Å². The lowest BCUT2D eigenvalue weighted by Gasteiger charge is -2.58. The summed E-state index contributed by atoms with van der Waals surface area (Å²) in [6.07, 6.45) is 17.9. The predicted molar refractivity (Wildman–Crippen MR) is 125 cm³/mol. The molecule has 3 rings (SSSR count). The first kappa shape index (κ1) is 24.7. The summed E-state index contributed by atoms with van der Waals surface area (Å²) in [5, 5.41) is 10.1. The van der Waals surface area contributed by atoms with Crippen molar-refractivity contribution < 1.29 is 9.84 Å². The highest BCUT2D eigenvalue weighted by Gasteiger charge is 2.52. The van der Waals surface area contributed by atoms with E-state index >= 15 is 0 Å². The zero-order chi connectivity index (χ0) is 21.5. The third kappa shape index (κ3) is 6.69. The standard InChI is InChI=1S/C24H42O2.C3H6/c1-5-14-26-22-12-8-20(9-13-22)24(19-6-10-21(25)11-7-19)16-18(2)15-23(3,4)17-24;1-3-2/h5,18-22,25H,1,6-17H2,2-4H3;3H,1H2,2H3. The summed E-state index contributed by atoms with van der Waals surface area (Å²) in [5.41, 5.74) is 0.967. The number of aliphatic hydroxyl groups is 1. The van der Waals surface area contributed by atoms with Crippen LogP contribution in [0.5, 0.6) is 0 Å². The molecule has 3 fully saturated rings. The molecule has 0 aromatic carbocycles. The van der Waals surface area contributed by atoms with Crippen LogP contribution in [0.2, 0.25) is 0 Å². The molecule has 1 N–H and O–H groups in total. The van der Waals surface area contributed by atoms with Gasteiger partial charge in [0.1, 0.15) is 0 Å². The summed E-state index contributed by atoms with van der Waals surface area (Å²) >= 11 is 0.